The molecule has 1 aliphatic rings. The second-order valence-electron chi connectivity index (χ2n) is 9.27. The highest BCUT2D eigenvalue weighted by molar-refractivity contribution is 7.99. The Hall–Kier alpha value is -2.01. The average molecular weight is 444 g/mol. The lowest BCUT2D eigenvalue weighted by Gasteiger charge is -2.21. The van der Waals surface area contributed by atoms with Crippen molar-refractivity contribution in [3.63, 3.8) is 0 Å². The van der Waals surface area contributed by atoms with Crippen LogP contribution in [0.2, 0.25) is 0 Å². The highest BCUT2D eigenvalue weighted by Gasteiger charge is 2.44. The Kier molecular flexibility index (Phi) is 7.14. The molecule has 0 bridgehead atoms. The third kappa shape index (κ3) is 5.31. The number of hydrogen-bond acceptors (Lipinski definition) is 3. The monoisotopic (exact) mass is 444 g/mol. The lowest BCUT2D eigenvalue weighted by molar-refractivity contribution is 0.0842. The maximum Gasteiger partial charge on any atom is 0.494 e. The van der Waals surface area contributed by atoms with Gasteiger partial charge in [0.2, 0.25) is 0 Å². The van der Waals surface area contributed by atoms with Crippen LogP contribution in [-0.4, -0.2) is 24.6 Å². The SMILES string of the molecule is CCCCSc1ccc(-c2cc(B3OC(C)C(C)(C)O3)cc(-c3ccc(C)cc3)c2)cc1. The molecule has 4 heteroatoms. The van der Waals surface area contributed by atoms with E-state index in [1.807, 2.05) is 11.8 Å². The first-order valence-corrected chi connectivity index (χ1v) is 12.6. The molecule has 0 aromatic heterocycles. The molecule has 3 aromatic carbocycles. The van der Waals surface area contributed by atoms with Crippen LogP contribution >= 0.6 is 11.8 Å². The van der Waals surface area contributed by atoms with Crippen LogP contribution in [0, 0.1) is 6.92 Å². The van der Waals surface area contributed by atoms with Crippen LogP contribution in [0.1, 0.15) is 46.1 Å². The fourth-order valence-corrected chi connectivity index (χ4v) is 4.84. The van der Waals surface area contributed by atoms with Crippen LogP contribution in [0.4, 0.5) is 0 Å². The maximum absolute atomic E-state index is 6.30. The first-order valence-electron chi connectivity index (χ1n) is 11.6. The Labute approximate surface area is 197 Å². The van der Waals surface area contributed by atoms with Crippen LogP contribution < -0.4 is 5.46 Å². The predicted molar refractivity (Wildman–Crippen MR) is 139 cm³/mol. The van der Waals surface area contributed by atoms with Crippen molar-refractivity contribution in [3.05, 3.63) is 72.3 Å². The van der Waals surface area contributed by atoms with E-state index in [0.717, 1.165) is 5.46 Å². The Balaban J connectivity index is 1.70. The molecule has 4 rings (SSSR count). The Morgan fingerprint density at radius 2 is 1.47 bits per heavy atom. The molecular weight excluding hydrogens is 411 g/mol. The molecule has 1 aliphatic heterocycles. The predicted octanol–water partition coefficient (Wildman–Crippen LogP) is 7.13. The highest BCUT2D eigenvalue weighted by Crippen LogP contribution is 2.31. The Morgan fingerprint density at radius 1 is 0.875 bits per heavy atom. The van der Waals surface area contributed by atoms with E-state index in [9.17, 15) is 0 Å². The molecule has 0 N–H and O–H groups in total. The van der Waals surface area contributed by atoms with Gasteiger partial charge in [-0.15, -0.1) is 11.8 Å². The second-order valence-corrected chi connectivity index (χ2v) is 10.4. The lowest BCUT2D eigenvalue weighted by Crippen LogP contribution is -2.35. The van der Waals surface area contributed by atoms with Crippen LogP contribution in [0.3, 0.4) is 0 Å². The number of thioether (sulfide) groups is 1. The van der Waals surface area contributed by atoms with E-state index in [1.54, 1.807) is 0 Å². The number of aryl methyl sites for hydroxylation is 1. The summed E-state index contributed by atoms with van der Waals surface area (Å²) in [5.41, 5.74) is 6.82. The maximum atomic E-state index is 6.30. The molecule has 1 unspecified atom stereocenters. The summed E-state index contributed by atoms with van der Waals surface area (Å²) < 4.78 is 12.5. The van der Waals surface area contributed by atoms with Crippen molar-refractivity contribution in [2.75, 3.05) is 5.75 Å². The van der Waals surface area contributed by atoms with Crippen LogP contribution in [-0.2, 0) is 9.31 Å². The third-order valence-corrected chi connectivity index (χ3v) is 7.38. The fourth-order valence-electron chi connectivity index (χ4n) is 3.84. The zero-order valence-electron chi connectivity index (χ0n) is 19.9. The van der Waals surface area contributed by atoms with Crippen LogP contribution in [0.15, 0.2) is 71.6 Å². The van der Waals surface area contributed by atoms with Gasteiger partial charge in [-0.05, 0) is 85.8 Å². The highest BCUT2D eigenvalue weighted by atomic mass is 32.2. The minimum atomic E-state index is -0.354. The molecule has 0 aliphatic carbocycles. The molecule has 1 atom stereocenters. The molecule has 2 nitrogen and oxygen atoms in total. The van der Waals surface area contributed by atoms with Crippen molar-refractivity contribution in [1.82, 2.24) is 0 Å². The smallest absolute Gasteiger partial charge is 0.402 e. The first-order chi connectivity index (χ1) is 15.4. The number of hydrogen-bond donors (Lipinski definition) is 0. The van der Waals surface area contributed by atoms with Gasteiger partial charge in [0.05, 0.1) is 11.7 Å². The molecule has 0 radical (unpaired) electrons. The average Bonchev–Trinajstić information content (AvgIpc) is 3.07. The van der Waals surface area contributed by atoms with E-state index in [4.69, 9.17) is 9.31 Å². The topological polar surface area (TPSA) is 18.5 Å². The molecule has 0 amide bonds. The van der Waals surface area contributed by atoms with Crippen LogP contribution in [0.5, 0.6) is 0 Å². The van der Waals surface area contributed by atoms with Gasteiger partial charge in [0.25, 0.3) is 0 Å². The summed E-state index contributed by atoms with van der Waals surface area (Å²) in [6, 6.07) is 24.3. The summed E-state index contributed by atoms with van der Waals surface area (Å²) in [4.78, 5) is 1.33. The minimum absolute atomic E-state index is 0.0402. The molecular formula is C28H33BO2S. The van der Waals surface area contributed by atoms with Gasteiger partial charge >= 0.3 is 7.12 Å². The summed E-state index contributed by atoms with van der Waals surface area (Å²) >= 11 is 1.93. The standard InChI is InChI=1S/C28H33BO2S/c1-6-7-16-32-27-14-12-23(13-15-27)25-17-24(22-10-8-20(2)9-11-22)18-26(19-25)29-30-21(3)28(4,5)31-29/h8-15,17-19,21H,6-7,16H2,1-5H3. The van der Waals surface area contributed by atoms with Crippen molar-refractivity contribution in [2.24, 2.45) is 0 Å². The van der Waals surface area contributed by atoms with Crippen molar-refractivity contribution in [2.45, 2.75) is 64.1 Å². The zero-order chi connectivity index (χ0) is 22.7. The molecule has 1 fully saturated rings. The fraction of sp³-hybridized carbons (Fsp3) is 0.357. The molecule has 0 saturated carbocycles. The van der Waals surface area contributed by atoms with Crippen LogP contribution in [0.25, 0.3) is 22.3 Å². The van der Waals surface area contributed by atoms with Crippen molar-refractivity contribution < 1.29 is 9.31 Å². The quantitative estimate of drug-likeness (QED) is 0.219. The summed E-state index contributed by atoms with van der Waals surface area (Å²) in [6.07, 6.45) is 2.53. The summed E-state index contributed by atoms with van der Waals surface area (Å²) in [5, 5.41) is 0. The molecule has 166 valence electrons. The number of unbranched alkanes of at least 4 members (excludes halogenated alkanes) is 1. The molecule has 1 heterocycles. The van der Waals surface area contributed by atoms with Crippen molar-refractivity contribution in [1.29, 1.82) is 0 Å². The van der Waals surface area contributed by atoms with E-state index >= 15 is 0 Å². The van der Waals surface area contributed by atoms with E-state index in [0.29, 0.717) is 0 Å². The zero-order valence-corrected chi connectivity index (χ0v) is 20.7. The van der Waals surface area contributed by atoms with Gasteiger partial charge in [0, 0.05) is 4.90 Å². The normalized spacial score (nSPS) is 17.7. The van der Waals surface area contributed by atoms with E-state index < -0.39 is 0 Å². The molecule has 3 aromatic rings. The van der Waals surface area contributed by atoms with Gasteiger partial charge < -0.3 is 9.31 Å². The largest absolute Gasteiger partial charge is 0.494 e. The third-order valence-electron chi connectivity index (χ3n) is 6.28. The van der Waals surface area contributed by atoms with Gasteiger partial charge in [-0.2, -0.15) is 0 Å². The number of rotatable bonds is 7. The molecule has 0 spiro atoms. The van der Waals surface area contributed by atoms with Gasteiger partial charge in [0.15, 0.2) is 0 Å². The van der Waals surface area contributed by atoms with E-state index in [1.165, 1.54) is 51.3 Å². The molecule has 32 heavy (non-hydrogen) atoms. The van der Waals surface area contributed by atoms with Crippen molar-refractivity contribution >= 4 is 24.3 Å². The molecule has 1 saturated heterocycles. The summed E-state index contributed by atoms with van der Waals surface area (Å²) in [5.74, 6) is 1.17. The first kappa shape index (κ1) is 23.2. The summed E-state index contributed by atoms with van der Waals surface area (Å²) in [6.45, 7) is 10.6. The number of benzene rings is 3. The second kappa shape index (κ2) is 9.86. The Morgan fingerprint density at radius 3 is 2.00 bits per heavy atom. The Bertz CT molecular complexity index is 1040. The summed E-state index contributed by atoms with van der Waals surface area (Å²) in [7, 11) is -0.354. The van der Waals surface area contributed by atoms with E-state index in [2.05, 4.69) is 101 Å². The van der Waals surface area contributed by atoms with Gasteiger partial charge in [-0.25, -0.2) is 0 Å². The minimum Gasteiger partial charge on any atom is -0.402 e. The van der Waals surface area contributed by atoms with Gasteiger partial charge in [-0.1, -0.05) is 67.4 Å². The van der Waals surface area contributed by atoms with Crippen molar-refractivity contribution in [3.8, 4) is 22.3 Å². The van der Waals surface area contributed by atoms with Gasteiger partial charge in [0.1, 0.15) is 0 Å². The lowest BCUT2D eigenvalue weighted by atomic mass is 9.76. The van der Waals surface area contributed by atoms with E-state index in [-0.39, 0.29) is 18.8 Å². The van der Waals surface area contributed by atoms with Gasteiger partial charge in [-0.3, -0.25) is 0 Å².